The molecule has 0 heterocycles. The van der Waals surface area contributed by atoms with Gasteiger partial charge in [-0.3, -0.25) is 0 Å². The highest BCUT2D eigenvalue weighted by Gasteiger charge is 2.08. The van der Waals surface area contributed by atoms with E-state index in [2.05, 4.69) is 12.6 Å². The number of benzene rings is 1. The van der Waals surface area contributed by atoms with Crippen molar-refractivity contribution in [2.45, 2.75) is 17.4 Å². The summed E-state index contributed by atoms with van der Waals surface area (Å²) in [6.45, 7) is 0. The third-order valence-corrected chi connectivity index (χ3v) is 3.56. The van der Waals surface area contributed by atoms with E-state index in [0.29, 0.717) is 4.90 Å². The fourth-order valence-corrected chi connectivity index (χ4v) is 2.18. The lowest BCUT2D eigenvalue weighted by Crippen LogP contribution is -2.10. The van der Waals surface area contributed by atoms with Gasteiger partial charge < -0.3 is 5.73 Å². The first-order valence-corrected chi connectivity index (χ1v) is 7.14. The van der Waals surface area contributed by atoms with E-state index in [-0.39, 0.29) is 6.04 Å². The molecule has 0 radical (unpaired) electrons. The average molecular weight is 245 g/mol. The van der Waals surface area contributed by atoms with Gasteiger partial charge in [-0.1, -0.05) is 12.1 Å². The van der Waals surface area contributed by atoms with E-state index >= 15 is 0 Å². The van der Waals surface area contributed by atoms with Crippen LogP contribution >= 0.6 is 12.6 Å². The number of sulfone groups is 1. The molecule has 0 aromatic heterocycles. The molecule has 1 atom stereocenters. The van der Waals surface area contributed by atoms with Crippen molar-refractivity contribution in [2.75, 3.05) is 12.0 Å². The standard InChI is InChI=1S/C10H15NO2S2/c1-15(12,13)9-4-2-8(3-5-9)10(11)6-7-14/h2-5,10,14H,6-7,11H2,1H3. The zero-order valence-corrected chi connectivity index (χ0v) is 10.3. The van der Waals surface area contributed by atoms with E-state index in [1.165, 1.54) is 6.26 Å². The SMILES string of the molecule is CS(=O)(=O)c1ccc(C(N)CCS)cc1. The Balaban J connectivity index is 2.90. The van der Waals surface area contributed by atoms with Gasteiger partial charge in [0.25, 0.3) is 0 Å². The van der Waals surface area contributed by atoms with Gasteiger partial charge in [0.15, 0.2) is 9.84 Å². The van der Waals surface area contributed by atoms with Crippen LogP contribution < -0.4 is 5.73 Å². The van der Waals surface area contributed by atoms with Crippen molar-refractivity contribution < 1.29 is 8.42 Å². The molecule has 0 spiro atoms. The molecule has 5 heteroatoms. The smallest absolute Gasteiger partial charge is 0.175 e. The molecule has 0 aliphatic rings. The predicted molar refractivity (Wildman–Crippen MR) is 65.0 cm³/mol. The lowest BCUT2D eigenvalue weighted by molar-refractivity contribution is 0.601. The minimum atomic E-state index is -3.11. The lowest BCUT2D eigenvalue weighted by Gasteiger charge is -2.10. The van der Waals surface area contributed by atoms with Crippen LogP contribution in [0.5, 0.6) is 0 Å². The van der Waals surface area contributed by atoms with Crippen LogP contribution in [0.15, 0.2) is 29.2 Å². The van der Waals surface area contributed by atoms with Crippen molar-refractivity contribution in [1.29, 1.82) is 0 Å². The van der Waals surface area contributed by atoms with Crippen molar-refractivity contribution in [1.82, 2.24) is 0 Å². The molecule has 3 nitrogen and oxygen atoms in total. The van der Waals surface area contributed by atoms with Crippen LogP contribution in [-0.2, 0) is 9.84 Å². The second-order valence-electron chi connectivity index (χ2n) is 3.46. The molecule has 0 bridgehead atoms. The van der Waals surface area contributed by atoms with Crippen molar-refractivity contribution in [3.63, 3.8) is 0 Å². The van der Waals surface area contributed by atoms with E-state index in [0.717, 1.165) is 17.7 Å². The Bertz CT molecular complexity index is 412. The molecular weight excluding hydrogens is 230 g/mol. The fourth-order valence-electron chi connectivity index (χ4n) is 1.27. The van der Waals surface area contributed by atoms with Crippen molar-refractivity contribution in [3.8, 4) is 0 Å². The largest absolute Gasteiger partial charge is 0.324 e. The third-order valence-electron chi connectivity index (χ3n) is 2.18. The summed E-state index contributed by atoms with van der Waals surface area (Å²) in [4.78, 5) is 0.323. The van der Waals surface area contributed by atoms with Crippen LogP contribution in [0, 0.1) is 0 Å². The monoisotopic (exact) mass is 245 g/mol. The van der Waals surface area contributed by atoms with Gasteiger partial charge in [-0.05, 0) is 29.9 Å². The summed E-state index contributed by atoms with van der Waals surface area (Å²) in [5, 5.41) is 0. The minimum Gasteiger partial charge on any atom is -0.324 e. The molecule has 2 N–H and O–H groups in total. The summed E-state index contributed by atoms with van der Waals surface area (Å²) in [6, 6.07) is 6.61. The van der Waals surface area contributed by atoms with Crippen LogP contribution in [-0.4, -0.2) is 20.4 Å². The van der Waals surface area contributed by atoms with Crippen LogP contribution in [0.1, 0.15) is 18.0 Å². The summed E-state index contributed by atoms with van der Waals surface area (Å²) < 4.78 is 22.4. The topological polar surface area (TPSA) is 60.2 Å². The van der Waals surface area contributed by atoms with Crippen LogP contribution in [0.4, 0.5) is 0 Å². The molecule has 0 saturated heterocycles. The Morgan fingerprint density at radius 2 is 1.87 bits per heavy atom. The highest BCUT2D eigenvalue weighted by atomic mass is 32.2. The molecule has 1 rings (SSSR count). The third kappa shape index (κ3) is 3.52. The second-order valence-corrected chi connectivity index (χ2v) is 5.92. The highest BCUT2D eigenvalue weighted by molar-refractivity contribution is 7.90. The van der Waals surface area contributed by atoms with Crippen molar-refractivity contribution in [2.24, 2.45) is 5.73 Å². The molecule has 15 heavy (non-hydrogen) atoms. The first-order chi connectivity index (χ1) is 6.95. The Morgan fingerprint density at radius 1 is 1.33 bits per heavy atom. The number of rotatable bonds is 4. The van der Waals surface area contributed by atoms with E-state index in [1.54, 1.807) is 24.3 Å². The molecule has 1 aromatic carbocycles. The molecule has 0 aliphatic carbocycles. The summed E-state index contributed by atoms with van der Waals surface area (Å²) in [5.41, 5.74) is 6.81. The molecule has 0 saturated carbocycles. The van der Waals surface area contributed by atoms with E-state index in [1.807, 2.05) is 0 Å². The quantitative estimate of drug-likeness (QED) is 0.789. The molecule has 84 valence electrons. The zero-order valence-electron chi connectivity index (χ0n) is 8.55. The highest BCUT2D eigenvalue weighted by Crippen LogP contribution is 2.17. The number of nitrogens with two attached hydrogens (primary N) is 1. The van der Waals surface area contributed by atoms with Gasteiger partial charge >= 0.3 is 0 Å². The zero-order chi connectivity index (χ0) is 11.5. The van der Waals surface area contributed by atoms with Gasteiger partial charge in [0.1, 0.15) is 0 Å². The maximum atomic E-state index is 11.2. The summed E-state index contributed by atoms with van der Waals surface area (Å²) in [6.07, 6.45) is 1.97. The van der Waals surface area contributed by atoms with Gasteiger partial charge in [0, 0.05) is 12.3 Å². The van der Waals surface area contributed by atoms with Crippen LogP contribution in [0.3, 0.4) is 0 Å². The molecular formula is C10H15NO2S2. The Labute approximate surface area is 96.0 Å². The number of thiol groups is 1. The van der Waals surface area contributed by atoms with Gasteiger partial charge in [-0.15, -0.1) is 0 Å². The predicted octanol–water partition coefficient (Wildman–Crippen LogP) is 1.41. The maximum Gasteiger partial charge on any atom is 0.175 e. The number of hydrogen-bond donors (Lipinski definition) is 2. The van der Waals surface area contributed by atoms with E-state index in [9.17, 15) is 8.42 Å². The molecule has 0 amide bonds. The van der Waals surface area contributed by atoms with Crippen LogP contribution in [0.2, 0.25) is 0 Å². The van der Waals surface area contributed by atoms with E-state index < -0.39 is 9.84 Å². The lowest BCUT2D eigenvalue weighted by atomic mass is 10.1. The summed E-state index contributed by atoms with van der Waals surface area (Å²) >= 11 is 4.10. The first-order valence-electron chi connectivity index (χ1n) is 4.61. The Morgan fingerprint density at radius 3 is 2.27 bits per heavy atom. The first kappa shape index (κ1) is 12.5. The van der Waals surface area contributed by atoms with Gasteiger partial charge in [-0.2, -0.15) is 12.6 Å². The normalized spacial score (nSPS) is 13.8. The number of hydrogen-bond acceptors (Lipinski definition) is 4. The van der Waals surface area contributed by atoms with Gasteiger partial charge in [0.05, 0.1) is 4.90 Å². The summed E-state index contributed by atoms with van der Waals surface area (Å²) in [7, 11) is -3.11. The minimum absolute atomic E-state index is 0.0730. The fraction of sp³-hybridized carbons (Fsp3) is 0.400. The van der Waals surface area contributed by atoms with E-state index in [4.69, 9.17) is 5.73 Å². The van der Waals surface area contributed by atoms with Gasteiger partial charge in [0.2, 0.25) is 0 Å². The molecule has 0 fully saturated rings. The maximum absolute atomic E-state index is 11.2. The average Bonchev–Trinajstić information content (AvgIpc) is 2.17. The Kier molecular flexibility index (Phi) is 4.19. The molecule has 1 unspecified atom stereocenters. The van der Waals surface area contributed by atoms with Gasteiger partial charge in [-0.25, -0.2) is 8.42 Å². The van der Waals surface area contributed by atoms with Crippen LogP contribution in [0.25, 0.3) is 0 Å². The van der Waals surface area contributed by atoms with Crippen molar-refractivity contribution in [3.05, 3.63) is 29.8 Å². The summed E-state index contributed by atoms with van der Waals surface area (Å²) in [5.74, 6) is 0.717. The molecule has 0 aliphatic heterocycles. The Hall–Kier alpha value is -0.520. The molecule has 1 aromatic rings. The second kappa shape index (κ2) is 5.01. The van der Waals surface area contributed by atoms with Crippen molar-refractivity contribution >= 4 is 22.5 Å².